The van der Waals surface area contributed by atoms with Crippen molar-refractivity contribution >= 4 is 12.3 Å². The summed E-state index contributed by atoms with van der Waals surface area (Å²) in [6.07, 6.45) is 2.28. The summed E-state index contributed by atoms with van der Waals surface area (Å²) >= 11 is 0. The van der Waals surface area contributed by atoms with E-state index in [1.165, 1.54) is 6.21 Å². The molecule has 5 nitrogen and oxygen atoms in total. The second-order valence-corrected chi connectivity index (χ2v) is 2.01. The van der Waals surface area contributed by atoms with Gasteiger partial charge in [0.2, 0.25) is 0 Å². The monoisotopic (exact) mass is 168 g/mol. The molecule has 1 aromatic heterocycles. The topological polar surface area (TPSA) is 74.8 Å². The highest BCUT2D eigenvalue weighted by Crippen LogP contribution is 1.98. The molecule has 12 heavy (non-hydrogen) atoms. The van der Waals surface area contributed by atoms with Crippen LogP contribution in [0.5, 0.6) is 0 Å². The second-order valence-electron chi connectivity index (χ2n) is 2.01. The summed E-state index contributed by atoms with van der Waals surface area (Å²) in [6.45, 7) is 0. The molecule has 0 bridgehead atoms. The Balaban J connectivity index is 2.26. The Morgan fingerprint density at radius 3 is 3.25 bits per heavy atom. The molecule has 0 unspecified atom stereocenters. The molecular weight excluding hydrogens is 160 g/mol. The van der Waals surface area contributed by atoms with Gasteiger partial charge in [-0.2, -0.15) is 5.10 Å². The third kappa shape index (κ3) is 2.87. The van der Waals surface area contributed by atoms with Crippen LogP contribution in [0.2, 0.25) is 0 Å². The zero-order chi connectivity index (χ0) is 8.81. The van der Waals surface area contributed by atoms with E-state index in [0.29, 0.717) is 6.42 Å². The Bertz CT molecular complexity index is 266. The Morgan fingerprint density at radius 2 is 2.67 bits per heavy atom. The van der Waals surface area contributed by atoms with Crippen LogP contribution >= 0.6 is 0 Å². The molecule has 0 aromatic carbocycles. The van der Waals surface area contributed by atoms with Crippen molar-refractivity contribution in [2.45, 2.75) is 6.42 Å². The van der Waals surface area contributed by atoms with Crippen LogP contribution in [0.25, 0.3) is 0 Å². The van der Waals surface area contributed by atoms with Gasteiger partial charge in [0.05, 0.1) is 6.26 Å². The Hall–Kier alpha value is -1.78. The maximum absolute atomic E-state index is 9.91. The van der Waals surface area contributed by atoms with Crippen molar-refractivity contribution in [1.82, 2.24) is 5.43 Å². The third-order valence-corrected chi connectivity index (χ3v) is 1.12. The number of nitrogens with one attached hydrogen (secondary N) is 1. The molecule has 0 fully saturated rings. The molecule has 2 N–H and O–H groups in total. The van der Waals surface area contributed by atoms with E-state index in [1.807, 2.05) is 5.43 Å². The fraction of sp³-hybridized carbons (Fsp3) is 0.143. The van der Waals surface area contributed by atoms with Crippen LogP contribution in [-0.4, -0.2) is 17.4 Å². The molecule has 1 heterocycles. The van der Waals surface area contributed by atoms with Crippen molar-refractivity contribution in [2.24, 2.45) is 5.10 Å². The highest BCUT2D eigenvalue weighted by atomic mass is 16.4. The number of furan rings is 1. The van der Waals surface area contributed by atoms with E-state index in [2.05, 4.69) is 5.10 Å². The third-order valence-electron chi connectivity index (χ3n) is 1.12. The summed E-state index contributed by atoms with van der Waals surface area (Å²) in [5.41, 5.74) is 1.85. The molecule has 1 aromatic rings. The Kier molecular flexibility index (Phi) is 2.89. The highest BCUT2D eigenvalue weighted by Gasteiger charge is 1.91. The van der Waals surface area contributed by atoms with Crippen LogP contribution in [-0.2, 0) is 6.42 Å². The first-order valence-electron chi connectivity index (χ1n) is 3.32. The minimum atomic E-state index is -1.18. The average Bonchev–Trinajstić information content (AvgIpc) is 2.49. The summed E-state index contributed by atoms with van der Waals surface area (Å²) in [5.74, 6) is 0.742. The van der Waals surface area contributed by atoms with Gasteiger partial charge in [-0.15, -0.1) is 0 Å². The fourth-order valence-electron chi connectivity index (χ4n) is 0.665. The van der Waals surface area contributed by atoms with E-state index >= 15 is 0 Å². The van der Waals surface area contributed by atoms with Gasteiger partial charge in [0.25, 0.3) is 0 Å². The average molecular weight is 168 g/mol. The summed E-state index contributed by atoms with van der Waals surface area (Å²) < 4.78 is 4.97. The van der Waals surface area contributed by atoms with E-state index in [9.17, 15) is 4.79 Å². The first-order valence-corrected chi connectivity index (χ1v) is 3.32. The van der Waals surface area contributed by atoms with Crippen LogP contribution < -0.4 is 5.43 Å². The number of amides is 1. The maximum Gasteiger partial charge on any atom is 0.425 e. The number of hydrogen-bond donors (Lipinski definition) is 2. The standard InChI is InChI=1S/C7H8N2O3/c10-7(11)9-8-4-3-6-2-1-5-12-6/h1-2,4-5,9H,3H2,(H,10,11). The number of nitrogens with zero attached hydrogens (tertiary/aromatic N) is 1. The summed E-state index contributed by atoms with van der Waals surface area (Å²) in [6, 6.07) is 3.54. The maximum atomic E-state index is 9.91. The molecule has 0 aliphatic carbocycles. The number of rotatable bonds is 3. The first kappa shape index (κ1) is 8.32. The van der Waals surface area contributed by atoms with Crippen LogP contribution in [0, 0.1) is 0 Å². The Labute approximate surface area is 68.7 Å². The lowest BCUT2D eigenvalue weighted by atomic mass is 10.3. The fourth-order valence-corrected chi connectivity index (χ4v) is 0.665. The molecule has 0 aliphatic rings. The van der Waals surface area contributed by atoms with Gasteiger partial charge < -0.3 is 9.52 Å². The van der Waals surface area contributed by atoms with Gasteiger partial charge in [-0.05, 0) is 12.1 Å². The summed E-state index contributed by atoms with van der Waals surface area (Å²) in [7, 11) is 0. The van der Waals surface area contributed by atoms with Crippen molar-refractivity contribution in [3.63, 3.8) is 0 Å². The zero-order valence-corrected chi connectivity index (χ0v) is 6.23. The largest absolute Gasteiger partial charge is 0.469 e. The van der Waals surface area contributed by atoms with Crippen molar-refractivity contribution in [1.29, 1.82) is 0 Å². The number of hydrogen-bond acceptors (Lipinski definition) is 3. The first-order chi connectivity index (χ1) is 5.79. The minimum Gasteiger partial charge on any atom is -0.469 e. The minimum absolute atomic E-state index is 0.479. The van der Waals surface area contributed by atoms with E-state index in [1.54, 1.807) is 18.4 Å². The highest BCUT2D eigenvalue weighted by molar-refractivity contribution is 5.67. The normalized spacial score (nSPS) is 10.3. The van der Waals surface area contributed by atoms with E-state index in [-0.39, 0.29) is 0 Å². The lowest BCUT2D eigenvalue weighted by molar-refractivity contribution is 0.195. The van der Waals surface area contributed by atoms with Crippen molar-refractivity contribution in [3.05, 3.63) is 24.2 Å². The summed E-state index contributed by atoms with van der Waals surface area (Å²) in [5, 5.41) is 11.5. The van der Waals surface area contributed by atoms with Crippen molar-refractivity contribution < 1.29 is 14.3 Å². The molecular formula is C7H8N2O3. The molecule has 0 atom stereocenters. The van der Waals surface area contributed by atoms with Crippen LogP contribution in [0.4, 0.5) is 4.79 Å². The predicted octanol–water partition coefficient (Wildman–Crippen LogP) is 1.08. The summed E-state index contributed by atoms with van der Waals surface area (Å²) in [4.78, 5) is 9.91. The van der Waals surface area contributed by atoms with Gasteiger partial charge in [-0.1, -0.05) is 0 Å². The van der Waals surface area contributed by atoms with Gasteiger partial charge in [0, 0.05) is 12.6 Å². The SMILES string of the molecule is O=C(O)NN=CCc1ccco1. The molecule has 1 rings (SSSR count). The lowest BCUT2D eigenvalue weighted by Crippen LogP contribution is -2.13. The predicted molar refractivity (Wildman–Crippen MR) is 42.1 cm³/mol. The van der Waals surface area contributed by atoms with Crippen LogP contribution in [0.3, 0.4) is 0 Å². The number of carboxylic acid groups (broad SMARTS) is 1. The smallest absolute Gasteiger partial charge is 0.425 e. The Morgan fingerprint density at radius 1 is 1.83 bits per heavy atom. The van der Waals surface area contributed by atoms with Crippen molar-refractivity contribution in [2.75, 3.05) is 0 Å². The lowest BCUT2D eigenvalue weighted by Gasteiger charge is -1.88. The van der Waals surface area contributed by atoms with Crippen LogP contribution in [0.15, 0.2) is 27.9 Å². The van der Waals surface area contributed by atoms with Crippen LogP contribution in [0.1, 0.15) is 5.76 Å². The number of carbonyl (C=O) groups is 1. The molecule has 0 saturated heterocycles. The number of hydrazone groups is 1. The van der Waals surface area contributed by atoms with Gasteiger partial charge >= 0.3 is 6.09 Å². The molecule has 0 radical (unpaired) electrons. The van der Waals surface area contributed by atoms with Gasteiger partial charge in [0.1, 0.15) is 5.76 Å². The van der Waals surface area contributed by atoms with Gasteiger partial charge in [-0.25, -0.2) is 10.2 Å². The molecule has 5 heteroatoms. The molecule has 64 valence electrons. The quantitative estimate of drug-likeness (QED) is 0.523. The van der Waals surface area contributed by atoms with Crippen molar-refractivity contribution in [3.8, 4) is 0 Å². The zero-order valence-electron chi connectivity index (χ0n) is 6.23. The van der Waals surface area contributed by atoms with E-state index < -0.39 is 6.09 Å². The molecule has 0 saturated carbocycles. The van der Waals surface area contributed by atoms with Gasteiger partial charge in [0.15, 0.2) is 0 Å². The van der Waals surface area contributed by atoms with E-state index in [4.69, 9.17) is 9.52 Å². The van der Waals surface area contributed by atoms with Gasteiger partial charge in [-0.3, -0.25) is 0 Å². The second kappa shape index (κ2) is 4.17. The molecule has 0 spiro atoms. The molecule has 0 aliphatic heterocycles. The van der Waals surface area contributed by atoms with E-state index in [0.717, 1.165) is 5.76 Å². The molecule has 1 amide bonds.